The Morgan fingerprint density at radius 1 is 0.882 bits per heavy atom. The number of unbranched alkanes of at least 4 members (excludes halogenated alkanes) is 2. The van der Waals surface area contributed by atoms with E-state index in [1.165, 1.54) is 44.1 Å². The fraction of sp³-hybridized carbons (Fsp3) is 0.647. The van der Waals surface area contributed by atoms with Crippen LogP contribution in [0, 0.1) is 6.92 Å². The Labute approximate surface area is 108 Å². The Morgan fingerprint density at radius 2 is 1.59 bits per heavy atom. The molecule has 0 heteroatoms. The lowest BCUT2D eigenvalue weighted by molar-refractivity contribution is 0.709. The van der Waals surface area contributed by atoms with Gasteiger partial charge in [0.1, 0.15) is 0 Å². The molecule has 1 aromatic rings. The van der Waals surface area contributed by atoms with E-state index in [2.05, 4.69) is 39.0 Å². The van der Waals surface area contributed by atoms with Gasteiger partial charge in [0.15, 0.2) is 0 Å². The quantitative estimate of drug-likeness (QED) is 0.553. The molecule has 0 N–H and O–H groups in total. The first-order valence-electron chi connectivity index (χ1n) is 7.37. The molecule has 0 aliphatic heterocycles. The zero-order chi connectivity index (χ0) is 13.1. The summed E-state index contributed by atoms with van der Waals surface area (Å²) >= 11 is 0. The lowest BCUT2D eigenvalue weighted by atomic mass is 9.94. The van der Waals surface area contributed by atoms with Crippen LogP contribution >= 0.6 is 0 Å². The summed E-state index contributed by atoms with van der Waals surface area (Å²) in [5.74, 6) is 0. The molecule has 0 aliphatic carbocycles. The van der Waals surface area contributed by atoms with Crippen molar-refractivity contribution in [2.24, 2.45) is 0 Å². The van der Waals surface area contributed by atoms with Crippen LogP contribution in [-0.2, 0) is 12.8 Å². The first kappa shape index (κ1) is 16.2. The molecule has 17 heavy (non-hydrogen) atoms. The molecule has 0 amide bonds. The number of hydrogen-bond donors (Lipinski definition) is 0. The van der Waals surface area contributed by atoms with Crippen molar-refractivity contribution in [3.05, 3.63) is 34.9 Å². The third-order valence-corrected chi connectivity index (χ3v) is 3.06. The lowest BCUT2D eigenvalue weighted by Gasteiger charge is -2.11. The van der Waals surface area contributed by atoms with Crippen molar-refractivity contribution >= 4 is 0 Å². The summed E-state index contributed by atoms with van der Waals surface area (Å²) in [7, 11) is 0. The number of rotatable bonds is 6. The van der Waals surface area contributed by atoms with Gasteiger partial charge in [0, 0.05) is 0 Å². The smallest absolute Gasteiger partial charge is 0.0274 e. The molecule has 0 saturated heterocycles. The van der Waals surface area contributed by atoms with Crippen LogP contribution in [0.25, 0.3) is 0 Å². The molecule has 1 aromatic carbocycles. The van der Waals surface area contributed by atoms with Gasteiger partial charge in [-0.2, -0.15) is 0 Å². The maximum atomic E-state index is 2.30. The van der Waals surface area contributed by atoms with Gasteiger partial charge in [-0.1, -0.05) is 65.2 Å². The van der Waals surface area contributed by atoms with Crippen molar-refractivity contribution in [2.75, 3.05) is 0 Å². The molecule has 0 aromatic heterocycles. The number of hydrogen-bond acceptors (Lipinski definition) is 0. The van der Waals surface area contributed by atoms with Crippen molar-refractivity contribution in [3.8, 4) is 0 Å². The summed E-state index contributed by atoms with van der Waals surface area (Å²) in [5, 5.41) is 0. The van der Waals surface area contributed by atoms with Crippen LogP contribution in [-0.4, -0.2) is 0 Å². The van der Waals surface area contributed by atoms with Gasteiger partial charge in [0.25, 0.3) is 0 Å². The van der Waals surface area contributed by atoms with Crippen molar-refractivity contribution in [3.63, 3.8) is 0 Å². The summed E-state index contributed by atoms with van der Waals surface area (Å²) in [6.07, 6.45) is 7.79. The van der Waals surface area contributed by atoms with Crippen LogP contribution in [0.5, 0.6) is 0 Å². The molecule has 0 nitrogen and oxygen atoms in total. The first-order valence-corrected chi connectivity index (χ1v) is 7.37. The molecule has 1 rings (SSSR count). The summed E-state index contributed by atoms with van der Waals surface area (Å²) in [5.41, 5.74) is 4.68. The Kier molecular flexibility index (Phi) is 9.90. The SMILES string of the molecule is CC.CCCCCc1c(C)cccc1CCC. The highest BCUT2D eigenvalue weighted by Crippen LogP contribution is 2.18. The fourth-order valence-electron chi connectivity index (χ4n) is 2.18. The van der Waals surface area contributed by atoms with Crippen LogP contribution in [0.3, 0.4) is 0 Å². The average Bonchev–Trinajstić information content (AvgIpc) is 2.36. The van der Waals surface area contributed by atoms with E-state index in [9.17, 15) is 0 Å². The third-order valence-electron chi connectivity index (χ3n) is 3.06. The topological polar surface area (TPSA) is 0 Å². The number of aryl methyl sites for hydroxylation is 2. The van der Waals surface area contributed by atoms with Crippen molar-refractivity contribution < 1.29 is 0 Å². The van der Waals surface area contributed by atoms with E-state index in [0.29, 0.717) is 0 Å². The Hall–Kier alpha value is -0.780. The highest BCUT2D eigenvalue weighted by atomic mass is 14.1. The minimum absolute atomic E-state index is 1.24. The zero-order valence-electron chi connectivity index (χ0n) is 12.5. The van der Waals surface area contributed by atoms with E-state index in [4.69, 9.17) is 0 Å². The predicted octanol–water partition coefficient (Wildman–Crippen LogP) is 5.71. The zero-order valence-corrected chi connectivity index (χ0v) is 12.5. The molecule has 0 bridgehead atoms. The second-order valence-electron chi connectivity index (χ2n) is 4.42. The molecule has 0 aliphatic rings. The summed E-state index contributed by atoms with van der Waals surface area (Å²) in [4.78, 5) is 0. The van der Waals surface area contributed by atoms with Gasteiger partial charge >= 0.3 is 0 Å². The largest absolute Gasteiger partial charge is 0.0683 e. The summed E-state index contributed by atoms with van der Waals surface area (Å²) < 4.78 is 0. The van der Waals surface area contributed by atoms with E-state index >= 15 is 0 Å². The first-order chi connectivity index (χ1) is 8.29. The van der Waals surface area contributed by atoms with Gasteiger partial charge < -0.3 is 0 Å². The molecule has 0 fully saturated rings. The maximum absolute atomic E-state index is 2.30. The minimum atomic E-state index is 1.24. The highest BCUT2D eigenvalue weighted by molar-refractivity contribution is 5.34. The minimum Gasteiger partial charge on any atom is -0.0683 e. The van der Waals surface area contributed by atoms with Crippen LogP contribution in [0.4, 0.5) is 0 Å². The van der Waals surface area contributed by atoms with Gasteiger partial charge in [-0.3, -0.25) is 0 Å². The van der Waals surface area contributed by atoms with Crippen LogP contribution in [0.2, 0.25) is 0 Å². The van der Waals surface area contributed by atoms with E-state index in [1.54, 1.807) is 11.1 Å². The Bertz CT molecular complexity index is 286. The molecular formula is C17H30. The van der Waals surface area contributed by atoms with Gasteiger partial charge in [-0.25, -0.2) is 0 Å². The van der Waals surface area contributed by atoms with Crippen molar-refractivity contribution in [1.29, 1.82) is 0 Å². The van der Waals surface area contributed by atoms with E-state index < -0.39 is 0 Å². The van der Waals surface area contributed by atoms with Crippen LogP contribution in [0.15, 0.2) is 18.2 Å². The monoisotopic (exact) mass is 234 g/mol. The molecule has 0 radical (unpaired) electrons. The standard InChI is InChI=1S/C15H24.C2H6/c1-4-6-7-12-15-13(3)10-8-11-14(15)9-5-2;1-2/h8,10-11H,4-7,9,12H2,1-3H3;1-2H3. The van der Waals surface area contributed by atoms with E-state index in [1.807, 2.05) is 13.8 Å². The van der Waals surface area contributed by atoms with E-state index in [-0.39, 0.29) is 0 Å². The molecule has 0 atom stereocenters. The van der Waals surface area contributed by atoms with Gasteiger partial charge in [-0.05, 0) is 42.9 Å². The van der Waals surface area contributed by atoms with Crippen molar-refractivity contribution in [1.82, 2.24) is 0 Å². The van der Waals surface area contributed by atoms with E-state index in [0.717, 1.165) is 0 Å². The van der Waals surface area contributed by atoms with Gasteiger partial charge in [0.2, 0.25) is 0 Å². The highest BCUT2D eigenvalue weighted by Gasteiger charge is 2.04. The maximum Gasteiger partial charge on any atom is -0.0274 e. The third kappa shape index (κ3) is 5.91. The Balaban J connectivity index is 0.00000121. The molecule has 98 valence electrons. The summed E-state index contributed by atoms with van der Waals surface area (Å²) in [6, 6.07) is 6.75. The lowest BCUT2D eigenvalue weighted by Crippen LogP contribution is -1.97. The number of benzene rings is 1. The van der Waals surface area contributed by atoms with Crippen molar-refractivity contribution in [2.45, 2.75) is 73.1 Å². The molecule has 0 unspecified atom stereocenters. The second kappa shape index (κ2) is 10.4. The molecule has 0 heterocycles. The van der Waals surface area contributed by atoms with Gasteiger partial charge in [0.05, 0.1) is 0 Å². The molecule has 0 saturated carbocycles. The normalized spacial score (nSPS) is 9.71. The second-order valence-corrected chi connectivity index (χ2v) is 4.42. The molecular weight excluding hydrogens is 204 g/mol. The Morgan fingerprint density at radius 3 is 2.18 bits per heavy atom. The van der Waals surface area contributed by atoms with Gasteiger partial charge in [-0.15, -0.1) is 0 Å². The fourth-order valence-corrected chi connectivity index (χ4v) is 2.18. The summed E-state index contributed by atoms with van der Waals surface area (Å²) in [6.45, 7) is 10.8. The van der Waals surface area contributed by atoms with Crippen LogP contribution < -0.4 is 0 Å². The molecule has 0 spiro atoms. The average molecular weight is 234 g/mol. The predicted molar refractivity (Wildman–Crippen MR) is 79.8 cm³/mol. The van der Waals surface area contributed by atoms with Crippen LogP contribution in [0.1, 0.15) is 70.1 Å².